The second-order valence-corrected chi connectivity index (χ2v) is 10.9. The molecule has 0 N–H and O–H groups in total. The second kappa shape index (κ2) is 2.65. The van der Waals surface area contributed by atoms with Crippen molar-refractivity contribution in [2.75, 3.05) is 11.5 Å². The van der Waals surface area contributed by atoms with Crippen LogP contribution in [0.25, 0.3) is 0 Å². The van der Waals surface area contributed by atoms with Crippen LogP contribution in [0.15, 0.2) is 0 Å². The van der Waals surface area contributed by atoms with Crippen molar-refractivity contribution in [3.63, 3.8) is 0 Å². The molecule has 0 aliphatic carbocycles. The van der Waals surface area contributed by atoms with E-state index in [0.717, 1.165) is 0 Å². The first-order chi connectivity index (χ1) is 2.50. The zero-order chi connectivity index (χ0) is 3.54. The first-order valence-electron chi connectivity index (χ1n) is 1.44. The van der Waals surface area contributed by atoms with Gasteiger partial charge in [-0.2, -0.15) is 0 Å². The van der Waals surface area contributed by atoms with Crippen molar-refractivity contribution >= 4 is 36.5 Å². The third kappa shape index (κ3) is 1.61. The van der Waals surface area contributed by atoms with Gasteiger partial charge in [0, 0.05) is 0 Å². The Bertz CT molecular complexity index is 19.2. The summed E-state index contributed by atoms with van der Waals surface area (Å²) in [6, 6.07) is 0. The van der Waals surface area contributed by atoms with Crippen LogP contribution in [0, 0.1) is 0 Å². The van der Waals surface area contributed by atoms with E-state index in [9.17, 15) is 0 Å². The van der Waals surface area contributed by atoms with Crippen LogP contribution in [0.2, 0.25) is 0 Å². The Kier molecular flexibility index (Phi) is 2.48. The van der Waals surface area contributed by atoms with Gasteiger partial charge in [0.15, 0.2) is 0 Å². The van der Waals surface area contributed by atoms with Crippen molar-refractivity contribution in [3.05, 3.63) is 0 Å². The summed E-state index contributed by atoms with van der Waals surface area (Å²) in [4.78, 5) is 0. The van der Waals surface area contributed by atoms with Crippen molar-refractivity contribution < 1.29 is 0 Å². The molecule has 0 unspecified atom stereocenters. The van der Waals surface area contributed by atoms with Crippen LogP contribution >= 0.6 is 17.7 Å². The predicted molar refractivity (Wildman–Crippen MR) is 30.7 cm³/mol. The van der Waals surface area contributed by atoms with Crippen LogP contribution < -0.4 is 0 Å². The first kappa shape index (κ1) is 4.67. The third-order valence-electron chi connectivity index (χ3n) is 0.371. The number of hydrogen-bond acceptors (Lipinski definition) is 2. The fourth-order valence-electron chi connectivity index (χ4n) is 0.186. The van der Waals surface area contributed by atoms with Crippen LogP contribution in [-0.4, -0.2) is 30.3 Å². The minimum atomic E-state index is 0.300. The minimum absolute atomic E-state index is 0.300. The molecule has 1 fully saturated rings. The molecule has 3 heteroatoms. The van der Waals surface area contributed by atoms with Crippen LogP contribution in [0.5, 0.6) is 0 Å². The molecule has 0 aromatic rings. The summed E-state index contributed by atoms with van der Waals surface area (Å²) in [5.41, 5.74) is 0. The van der Waals surface area contributed by atoms with Crippen molar-refractivity contribution in [2.24, 2.45) is 0 Å². The average molecular weight is 214 g/mol. The molecule has 0 atom stereocenters. The van der Waals surface area contributed by atoms with Crippen LogP contribution in [0.3, 0.4) is 0 Å². The van der Waals surface area contributed by atoms with Gasteiger partial charge in [-0.15, -0.1) is 0 Å². The van der Waals surface area contributed by atoms with Gasteiger partial charge in [0.1, 0.15) is 0 Å². The van der Waals surface area contributed by atoms with Crippen molar-refractivity contribution in [1.82, 2.24) is 0 Å². The van der Waals surface area contributed by atoms with Crippen molar-refractivity contribution in [1.29, 1.82) is 0 Å². The van der Waals surface area contributed by atoms with Crippen LogP contribution in [-0.2, 0) is 0 Å². The molecule has 0 amide bonds. The van der Waals surface area contributed by atoms with Gasteiger partial charge >= 0.3 is 48.0 Å². The Hall–Kier alpha value is 1.52. The molecule has 0 spiro atoms. The number of hydrogen-bond donors (Lipinski definition) is 0. The van der Waals surface area contributed by atoms with E-state index in [1.807, 2.05) is 0 Å². The SMILES string of the molecule is C1C[S][Sb][S]1. The molecule has 0 aromatic heterocycles. The van der Waals surface area contributed by atoms with E-state index in [2.05, 4.69) is 17.7 Å². The molecule has 1 heterocycles. The van der Waals surface area contributed by atoms with Crippen LogP contribution in [0.1, 0.15) is 0 Å². The molecule has 0 nitrogen and oxygen atoms in total. The fourth-order valence-corrected chi connectivity index (χ4v) is 11.2. The Balaban J connectivity index is 2.08. The third-order valence-corrected chi connectivity index (χ3v) is 10.8. The zero-order valence-corrected chi connectivity index (χ0v) is 6.86. The monoisotopic (exact) mass is 213 g/mol. The van der Waals surface area contributed by atoms with E-state index in [0.29, 0.717) is 18.8 Å². The van der Waals surface area contributed by atoms with E-state index in [1.54, 1.807) is 0 Å². The van der Waals surface area contributed by atoms with Gasteiger partial charge in [0.2, 0.25) is 0 Å². The van der Waals surface area contributed by atoms with E-state index in [-0.39, 0.29) is 0 Å². The van der Waals surface area contributed by atoms with Crippen molar-refractivity contribution in [2.45, 2.75) is 0 Å². The van der Waals surface area contributed by atoms with Gasteiger partial charge in [-0.05, 0) is 0 Å². The summed E-state index contributed by atoms with van der Waals surface area (Å²) >= 11 is 0.300. The Morgan fingerprint density at radius 3 is 2.00 bits per heavy atom. The molecule has 5 heavy (non-hydrogen) atoms. The summed E-state index contributed by atoms with van der Waals surface area (Å²) in [7, 11) is 4.37. The first-order valence-corrected chi connectivity index (χ1v) is 9.58. The van der Waals surface area contributed by atoms with Gasteiger partial charge in [0.25, 0.3) is 0 Å². The average Bonchev–Trinajstić information content (AvgIpc) is 1.76. The van der Waals surface area contributed by atoms with E-state index < -0.39 is 0 Å². The van der Waals surface area contributed by atoms with Crippen LogP contribution in [0.4, 0.5) is 0 Å². The van der Waals surface area contributed by atoms with E-state index in [4.69, 9.17) is 0 Å². The molecule has 0 bridgehead atoms. The van der Waals surface area contributed by atoms with Gasteiger partial charge in [0.05, 0.1) is 0 Å². The predicted octanol–water partition coefficient (Wildman–Crippen LogP) is 1.00. The quantitative estimate of drug-likeness (QED) is 0.551. The summed E-state index contributed by atoms with van der Waals surface area (Å²) in [6.45, 7) is 0. The molecule has 29 valence electrons. The summed E-state index contributed by atoms with van der Waals surface area (Å²) < 4.78 is 0. The Morgan fingerprint density at radius 2 is 1.80 bits per heavy atom. The second-order valence-electron chi connectivity index (χ2n) is 0.741. The molecule has 0 saturated carbocycles. The summed E-state index contributed by atoms with van der Waals surface area (Å²) in [6.07, 6.45) is 0. The maximum absolute atomic E-state index is 2.19. The summed E-state index contributed by atoms with van der Waals surface area (Å²) in [5.74, 6) is 2.89. The Morgan fingerprint density at radius 1 is 1.20 bits per heavy atom. The van der Waals surface area contributed by atoms with Gasteiger partial charge < -0.3 is 0 Å². The molecule has 0 aromatic carbocycles. The standard InChI is InChI=1S/C2H6S2.Sb/c3-1-2-4;/h3-4H,1-2H2;/q;+2/p-2. The van der Waals surface area contributed by atoms with E-state index in [1.165, 1.54) is 11.5 Å². The molecule has 1 rings (SSSR count). The Labute approximate surface area is 47.8 Å². The van der Waals surface area contributed by atoms with E-state index >= 15 is 0 Å². The molecule has 1 radical (unpaired) electrons. The molecule has 1 aliphatic rings. The van der Waals surface area contributed by atoms with Gasteiger partial charge in [-0.3, -0.25) is 0 Å². The molecular weight excluding hydrogens is 210 g/mol. The topological polar surface area (TPSA) is 0 Å². The molecular formula is C2H4S2Sb. The van der Waals surface area contributed by atoms with Gasteiger partial charge in [-0.25, -0.2) is 0 Å². The summed E-state index contributed by atoms with van der Waals surface area (Å²) in [5, 5.41) is 0. The molecule has 1 saturated heterocycles. The zero-order valence-electron chi connectivity index (χ0n) is 2.68. The molecule has 1 aliphatic heterocycles. The number of rotatable bonds is 0. The van der Waals surface area contributed by atoms with Crippen molar-refractivity contribution in [3.8, 4) is 0 Å². The fraction of sp³-hybridized carbons (Fsp3) is 1.00. The normalized spacial score (nSPS) is 24.0. The van der Waals surface area contributed by atoms with Gasteiger partial charge in [-0.1, -0.05) is 0 Å². The maximum atomic E-state index is 2.19.